The monoisotopic (exact) mass is 256 g/mol. The van der Waals surface area contributed by atoms with Gasteiger partial charge in [0.15, 0.2) is 5.60 Å². The summed E-state index contributed by atoms with van der Waals surface area (Å²) in [5.41, 5.74) is -2.01. The maximum Gasteiger partial charge on any atom is 0.340 e. The van der Waals surface area contributed by atoms with Crippen molar-refractivity contribution in [1.29, 1.82) is 0 Å². The van der Waals surface area contributed by atoms with E-state index in [-0.39, 0.29) is 10.4 Å². The van der Waals surface area contributed by atoms with Crippen LogP contribution in [0, 0.1) is 0 Å². The van der Waals surface area contributed by atoms with Crippen molar-refractivity contribution in [3.63, 3.8) is 0 Å². The van der Waals surface area contributed by atoms with Crippen molar-refractivity contribution in [2.45, 2.75) is 24.2 Å². The number of hydrogen-bond donors (Lipinski definition) is 4. The lowest BCUT2D eigenvalue weighted by Gasteiger charge is -2.34. The van der Waals surface area contributed by atoms with Gasteiger partial charge in [-0.05, 0) is 6.07 Å². The van der Waals surface area contributed by atoms with E-state index in [1.54, 1.807) is 0 Å². The lowest BCUT2D eigenvalue weighted by molar-refractivity contribution is -0.168. The Morgan fingerprint density at radius 3 is 2.76 bits per heavy atom. The van der Waals surface area contributed by atoms with E-state index in [2.05, 4.69) is 6.58 Å². The maximum atomic E-state index is 11.1. The zero-order valence-corrected chi connectivity index (χ0v) is 9.65. The average molecular weight is 256 g/mol. The van der Waals surface area contributed by atoms with E-state index in [9.17, 15) is 20.1 Å². The van der Waals surface area contributed by atoms with Crippen LogP contribution in [0.15, 0.2) is 12.6 Å². The van der Waals surface area contributed by atoms with Crippen LogP contribution in [0.5, 0.6) is 0 Å². The molecule has 0 aliphatic heterocycles. The summed E-state index contributed by atoms with van der Waals surface area (Å²) in [6.07, 6.45) is -1.38. The zero-order chi connectivity index (χ0) is 12.8. The van der Waals surface area contributed by atoms with E-state index in [0.717, 1.165) is 11.3 Å². The third-order valence-corrected chi connectivity index (χ3v) is 4.12. The van der Waals surface area contributed by atoms with Crippen molar-refractivity contribution in [3.05, 3.63) is 28.0 Å². The molecule has 6 heteroatoms. The lowest BCUT2D eigenvalue weighted by atomic mass is 9.80. The fraction of sp³-hybridized carbons (Fsp3) is 0.364. The van der Waals surface area contributed by atoms with Gasteiger partial charge in [-0.1, -0.05) is 12.7 Å². The zero-order valence-electron chi connectivity index (χ0n) is 8.83. The first kappa shape index (κ1) is 12.3. The molecule has 0 radical (unpaired) electrons. The van der Waals surface area contributed by atoms with Crippen LogP contribution in [0.4, 0.5) is 0 Å². The van der Waals surface area contributed by atoms with Crippen LogP contribution < -0.4 is 0 Å². The van der Waals surface area contributed by atoms with Gasteiger partial charge < -0.3 is 20.4 Å². The number of thiophene rings is 1. The highest BCUT2D eigenvalue weighted by molar-refractivity contribution is 7.13. The van der Waals surface area contributed by atoms with Gasteiger partial charge in [-0.15, -0.1) is 11.3 Å². The van der Waals surface area contributed by atoms with E-state index in [1.165, 1.54) is 12.1 Å². The van der Waals surface area contributed by atoms with E-state index in [4.69, 9.17) is 5.11 Å². The molecule has 0 spiro atoms. The van der Waals surface area contributed by atoms with Gasteiger partial charge in [-0.2, -0.15) is 0 Å². The van der Waals surface area contributed by atoms with Crippen molar-refractivity contribution < 1.29 is 25.2 Å². The molecule has 2 rings (SSSR count). The summed E-state index contributed by atoms with van der Waals surface area (Å²) in [6, 6.07) is 1.48. The number of carbonyl (C=O) groups is 1. The van der Waals surface area contributed by atoms with Crippen LogP contribution in [0.2, 0.25) is 0 Å². The number of carboxylic acid groups (broad SMARTS) is 1. The highest BCUT2D eigenvalue weighted by atomic mass is 32.1. The van der Waals surface area contributed by atoms with Crippen LogP contribution >= 0.6 is 11.3 Å². The summed E-state index contributed by atoms with van der Waals surface area (Å²) in [7, 11) is 0. The highest BCUT2D eigenvalue weighted by Gasteiger charge is 2.49. The van der Waals surface area contributed by atoms with Gasteiger partial charge in [-0.25, -0.2) is 4.79 Å². The first-order chi connectivity index (χ1) is 7.90. The van der Waals surface area contributed by atoms with Gasteiger partial charge in [0.1, 0.15) is 6.10 Å². The number of aliphatic carboxylic acids is 1. The second-order valence-corrected chi connectivity index (χ2v) is 5.13. The molecule has 5 nitrogen and oxygen atoms in total. The van der Waals surface area contributed by atoms with Crippen LogP contribution in [-0.2, 0) is 10.4 Å². The molecule has 0 aromatic carbocycles. The Hall–Kier alpha value is -1.21. The van der Waals surface area contributed by atoms with Crippen LogP contribution in [0.25, 0.3) is 6.08 Å². The minimum Gasteiger partial charge on any atom is -0.479 e. The Morgan fingerprint density at radius 1 is 1.59 bits per heavy atom. The summed E-state index contributed by atoms with van der Waals surface area (Å²) in [4.78, 5) is 12.0. The summed E-state index contributed by atoms with van der Waals surface area (Å²) in [5, 5.41) is 38.5. The molecular formula is C11H12O5S. The predicted molar refractivity (Wildman–Crippen MR) is 61.5 cm³/mol. The maximum absolute atomic E-state index is 11.1. The second-order valence-electron chi connectivity index (χ2n) is 4.01. The van der Waals surface area contributed by atoms with Gasteiger partial charge in [0, 0.05) is 21.7 Å². The Labute approximate surface area is 101 Å². The number of rotatable bonds is 2. The van der Waals surface area contributed by atoms with Gasteiger partial charge in [-0.3, -0.25) is 0 Å². The minimum atomic E-state index is -2.15. The molecule has 1 aromatic heterocycles. The first-order valence-electron chi connectivity index (χ1n) is 4.98. The third kappa shape index (κ3) is 1.69. The molecule has 92 valence electrons. The van der Waals surface area contributed by atoms with E-state index in [0.29, 0.717) is 4.88 Å². The number of aliphatic hydroxyl groups excluding tert-OH is 2. The topological polar surface area (TPSA) is 98.0 Å². The van der Waals surface area contributed by atoms with Crippen molar-refractivity contribution in [2.75, 3.05) is 0 Å². The van der Waals surface area contributed by atoms with E-state index >= 15 is 0 Å². The molecule has 0 saturated heterocycles. The van der Waals surface area contributed by atoms with Crippen molar-refractivity contribution in [2.24, 2.45) is 0 Å². The Morgan fingerprint density at radius 2 is 2.24 bits per heavy atom. The van der Waals surface area contributed by atoms with Gasteiger partial charge in [0.25, 0.3) is 0 Å². The van der Waals surface area contributed by atoms with Crippen LogP contribution in [-0.4, -0.2) is 32.5 Å². The summed E-state index contributed by atoms with van der Waals surface area (Å²) >= 11 is 1.12. The molecule has 1 aliphatic rings. The molecule has 3 atom stereocenters. The molecule has 0 bridgehead atoms. The minimum absolute atomic E-state index is 0.141. The smallest absolute Gasteiger partial charge is 0.340 e. The molecule has 0 fully saturated rings. The first-order valence-corrected chi connectivity index (χ1v) is 5.80. The number of aliphatic hydroxyl groups is 3. The fourth-order valence-corrected chi connectivity index (χ4v) is 3.10. The average Bonchev–Trinajstić information content (AvgIpc) is 2.70. The number of hydrogen-bond acceptors (Lipinski definition) is 5. The SMILES string of the molecule is C=Cc1cc2c(s1)[C@@H](O)C(O)C[C@]2(O)C(=O)O. The third-order valence-electron chi connectivity index (χ3n) is 2.92. The Bertz CT molecular complexity index is 480. The fourth-order valence-electron chi connectivity index (χ4n) is 1.97. The van der Waals surface area contributed by atoms with Gasteiger partial charge in [0.05, 0.1) is 6.10 Å². The summed E-state index contributed by atoms with van der Waals surface area (Å²) < 4.78 is 0. The Kier molecular flexibility index (Phi) is 2.82. The van der Waals surface area contributed by atoms with Crippen LogP contribution in [0.1, 0.15) is 27.8 Å². The lowest BCUT2D eigenvalue weighted by Crippen LogP contribution is -2.44. The normalized spacial score (nSPS) is 31.9. The van der Waals surface area contributed by atoms with Crippen molar-refractivity contribution >= 4 is 23.4 Å². The molecule has 1 heterocycles. The molecule has 1 unspecified atom stereocenters. The molecule has 4 N–H and O–H groups in total. The number of fused-ring (bicyclic) bond motifs is 1. The Balaban J connectivity index is 2.63. The van der Waals surface area contributed by atoms with Gasteiger partial charge >= 0.3 is 5.97 Å². The molecule has 17 heavy (non-hydrogen) atoms. The molecule has 1 aliphatic carbocycles. The summed E-state index contributed by atoms with van der Waals surface area (Å²) in [6.45, 7) is 3.55. The van der Waals surface area contributed by atoms with E-state index < -0.39 is 30.2 Å². The summed E-state index contributed by atoms with van der Waals surface area (Å²) in [5.74, 6) is -1.43. The molecule has 1 aromatic rings. The van der Waals surface area contributed by atoms with Crippen molar-refractivity contribution in [3.8, 4) is 0 Å². The predicted octanol–water partition coefficient (Wildman–Crippen LogP) is 0.461. The standard InChI is InChI=1S/C11H12O5S/c1-2-5-3-6-9(17-5)8(13)7(12)4-11(6,16)10(14)15/h2-3,7-8,12-13,16H,1,4H2,(H,14,15)/t7?,8-,11+/m0/s1. The number of carboxylic acids is 1. The highest BCUT2D eigenvalue weighted by Crippen LogP contribution is 2.45. The molecule has 0 amide bonds. The quantitative estimate of drug-likeness (QED) is 0.616. The van der Waals surface area contributed by atoms with Crippen LogP contribution in [0.3, 0.4) is 0 Å². The molecular weight excluding hydrogens is 244 g/mol. The largest absolute Gasteiger partial charge is 0.479 e. The van der Waals surface area contributed by atoms with E-state index in [1.807, 2.05) is 0 Å². The second kappa shape index (κ2) is 3.92. The van der Waals surface area contributed by atoms with Crippen molar-refractivity contribution in [1.82, 2.24) is 0 Å². The van der Waals surface area contributed by atoms with Gasteiger partial charge in [0.2, 0.25) is 0 Å². The molecule has 0 saturated carbocycles.